The molecule has 1 spiro atoms. The Balaban J connectivity index is 1.38. The Morgan fingerprint density at radius 3 is 2.45 bits per heavy atom. The van der Waals surface area contributed by atoms with Gasteiger partial charge in [0.05, 0.1) is 17.6 Å². The van der Waals surface area contributed by atoms with E-state index in [0.717, 1.165) is 24.8 Å². The van der Waals surface area contributed by atoms with E-state index in [2.05, 4.69) is 13.5 Å². The van der Waals surface area contributed by atoms with E-state index in [1.54, 1.807) is 0 Å². The number of hydrogen-bond acceptors (Lipinski definition) is 10. The second-order valence-corrected chi connectivity index (χ2v) is 13.0. The summed E-state index contributed by atoms with van der Waals surface area (Å²) < 4.78 is 16.2. The highest BCUT2D eigenvalue weighted by Crippen LogP contribution is 2.72. The van der Waals surface area contributed by atoms with Crippen LogP contribution in [0.5, 0.6) is 0 Å². The number of ether oxygens (including phenoxy) is 3. The van der Waals surface area contributed by atoms with Gasteiger partial charge in [0.2, 0.25) is 6.29 Å². The smallest absolute Gasteiger partial charge is 0.314 e. The van der Waals surface area contributed by atoms with Gasteiger partial charge in [0, 0.05) is 12.3 Å². The number of esters is 2. The summed E-state index contributed by atoms with van der Waals surface area (Å²) >= 11 is 0. The van der Waals surface area contributed by atoms with Crippen LogP contribution in [0.4, 0.5) is 0 Å². The van der Waals surface area contributed by atoms with Crippen LogP contribution in [0.2, 0.25) is 0 Å². The lowest BCUT2D eigenvalue weighted by molar-refractivity contribution is -0.299. The summed E-state index contributed by atoms with van der Waals surface area (Å²) in [5.74, 6) is -1.41. The van der Waals surface area contributed by atoms with Crippen LogP contribution in [-0.2, 0) is 23.8 Å². The van der Waals surface area contributed by atoms with E-state index < -0.39 is 71.1 Å². The zero-order valence-corrected chi connectivity index (χ0v) is 22.4. The largest absolute Gasteiger partial charge is 0.463 e. The summed E-state index contributed by atoms with van der Waals surface area (Å²) in [7, 11) is 0. The molecule has 0 aromatic rings. The van der Waals surface area contributed by atoms with Crippen molar-refractivity contribution in [1.82, 2.24) is 0 Å². The van der Waals surface area contributed by atoms with Crippen molar-refractivity contribution >= 4 is 11.9 Å². The van der Waals surface area contributed by atoms with Gasteiger partial charge in [0.25, 0.3) is 0 Å². The third kappa shape index (κ3) is 3.97. The van der Waals surface area contributed by atoms with E-state index >= 15 is 0 Å². The molecule has 5 fully saturated rings. The number of fused-ring (bicyclic) bond motifs is 3. The monoisotopic (exact) mass is 538 g/mol. The summed E-state index contributed by atoms with van der Waals surface area (Å²) in [6, 6.07) is 0. The van der Waals surface area contributed by atoms with Crippen LogP contribution in [0, 0.1) is 34.0 Å². The van der Waals surface area contributed by atoms with Crippen LogP contribution in [0.1, 0.15) is 65.7 Å². The Bertz CT molecular complexity index is 985. The molecule has 1 unspecified atom stereocenters. The number of aliphatic hydroxyl groups is 5. The fraction of sp³-hybridized carbons (Fsp3) is 0.857. The molecule has 214 valence electrons. The molecule has 0 amide bonds. The molecule has 1 aliphatic heterocycles. The Labute approximate surface area is 223 Å². The van der Waals surface area contributed by atoms with Crippen molar-refractivity contribution in [2.24, 2.45) is 34.0 Å². The first-order chi connectivity index (χ1) is 17.8. The maximum absolute atomic E-state index is 13.8. The van der Waals surface area contributed by atoms with Crippen LogP contribution in [-0.4, -0.2) is 87.0 Å². The predicted molar refractivity (Wildman–Crippen MR) is 132 cm³/mol. The molecule has 5 rings (SSSR count). The van der Waals surface area contributed by atoms with Crippen molar-refractivity contribution in [3.8, 4) is 0 Å². The standard InChI is InChI=1S/C28H42O10/c1-13-15-10-16(30)22-26(3)7-5-8-27(4,18(26)6-9-28(22,11-15)23(13)34)25(35)38-24-21(33)20(32)19(31)17(37-24)12-36-14(2)29/h15-24,30-34H,1,5-12H2,2-4H3/t15?,16-,17+,18-,19+,20-,21+,22-,23+,24-,26+,27+,28+/m0/s1. The predicted octanol–water partition coefficient (Wildman–Crippen LogP) is 0.811. The molecule has 2 bridgehead atoms. The van der Waals surface area contributed by atoms with Crippen molar-refractivity contribution in [1.29, 1.82) is 0 Å². The van der Waals surface area contributed by atoms with Crippen LogP contribution < -0.4 is 0 Å². The number of aliphatic hydroxyl groups excluding tert-OH is 5. The molecule has 4 saturated carbocycles. The average molecular weight is 539 g/mol. The van der Waals surface area contributed by atoms with Gasteiger partial charge >= 0.3 is 11.9 Å². The van der Waals surface area contributed by atoms with Gasteiger partial charge in [-0.15, -0.1) is 0 Å². The number of hydrogen-bond donors (Lipinski definition) is 5. The number of rotatable bonds is 4. The van der Waals surface area contributed by atoms with Crippen molar-refractivity contribution < 1.29 is 49.3 Å². The van der Waals surface area contributed by atoms with Crippen LogP contribution >= 0.6 is 0 Å². The number of carbonyl (C=O) groups excluding carboxylic acids is 2. The quantitative estimate of drug-likeness (QED) is 0.256. The third-order valence-electron chi connectivity index (χ3n) is 11.0. The third-order valence-corrected chi connectivity index (χ3v) is 11.0. The molecule has 1 saturated heterocycles. The lowest BCUT2D eigenvalue weighted by atomic mass is 9.40. The minimum Gasteiger partial charge on any atom is -0.463 e. The van der Waals surface area contributed by atoms with Gasteiger partial charge in [-0.25, -0.2) is 0 Å². The van der Waals surface area contributed by atoms with E-state index in [9.17, 15) is 35.1 Å². The molecule has 5 aliphatic rings. The van der Waals surface area contributed by atoms with Crippen molar-refractivity contribution in [2.75, 3.05) is 6.61 Å². The first-order valence-corrected chi connectivity index (χ1v) is 13.8. The first kappa shape index (κ1) is 28.0. The lowest BCUT2D eigenvalue weighted by Crippen LogP contribution is -2.64. The van der Waals surface area contributed by atoms with Gasteiger partial charge in [-0.05, 0) is 74.2 Å². The highest BCUT2D eigenvalue weighted by molar-refractivity contribution is 5.77. The topological polar surface area (TPSA) is 163 Å². The SMILES string of the molecule is C=C1C2C[C@H](O)[C@H]3[C@]4(C)CCC[C@@](C)(C(=O)O[C@@H]5O[C@H](COC(C)=O)[C@@H](O)[C@H](O)[C@H]5O)[C@H]4CC[C@]3(C2)[C@@H]1O. The second kappa shape index (κ2) is 9.52. The molecule has 10 nitrogen and oxygen atoms in total. The molecular formula is C28H42O10. The molecule has 10 heteroatoms. The van der Waals surface area contributed by atoms with Crippen molar-refractivity contribution in [2.45, 2.75) is 109 Å². The fourth-order valence-corrected chi connectivity index (χ4v) is 9.31. The molecule has 0 aromatic heterocycles. The minimum absolute atomic E-state index is 0.114. The molecule has 0 radical (unpaired) electrons. The summed E-state index contributed by atoms with van der Waals surface area (Å²) in [5, 5.41) is 53.8. The van der Waals surface area contributed by atoms with E-state index in [0.29, 0.717) is 25.7 Å². The van der Waals surface area contributed by atoms with Crippen LogP contribution in [0.3, 0.4) is 0 Å². The molecular weight excluding hydrogens is 496 g/mol. The van der Waals surface area contributed by atoms with E-state index in [1.807, 2.05) is 6.92 Å². The Morgan fingerprint density at radius 1 is 1.05 bits per heavy atom. The molecule has 4 aliphatic carbocycles. The van der Waals surface area contributed by atoms with Gasteiger partial charge in [-0.2, -0.15) is 0 Å². The van der Waals surface area contributed by atoms with Gasteiger partial charge < -0.3 is 39.7 Å². The summed E-state index contributed by atoms with van der Waals surface area (Å²) in [5.41, 5.74) is -1.01. The Kier molecular flexibility index (Phi) is 7.01. The normalized spacial score (nSPS) is 52.1. The zero-order chi connectivity index (χ0) is 27.8. The molecule has 38 heavy (non-hydrogen) atoms. The molecule has 13 atom stereocenters. The summed E-state index contributed by atoms with van der Waals surface area (Å²) in [6.07, 6.45) is -4.08. The maximum Gasteiger partial charge on any atom is 0.314 e. The molecule has 5 N–H and O–H groups in total. The highest BCUT2D eigenvalue weighted by atomic mass is 16.7. The highest BCUT2D eigenvalue weighted by Gasteiger charge is 2.70. The number of carbonyl (C=O) groups is 2. The maximum atomic E-state index is 13.8. The van der Waals surface area contributed by atoms with Gasteiger partial charge in [0.15, 0.2) is 0 Å². The van der Waals surface area contributed by atoms with Crippen molar-refractivity contribution in [3.05, 3.63) is 12.2 Å². The molecule has 1 heterocycles. The fourth-order valence-electron chi connectivity index (χ4n) is 9.31. The van der Waals surface area contributed by atoms with Gasteiger partial charge in [-0.1, -0.05) is 19.9 Å². The summed E-state index contributed by atoms with van der Waals surface area (Å²) in [4.78, 5) is 25.1. The van der Waals surface area contributed by atoms with Crippen LogP contribution in [0.25, 0.3) is 0 Å². The van der Waals surface area contributed by atoms with Crippen LogP contribution in [0.15, 0.2) is 12.2 Å². The van der Waals surface area contributed by atoms with E-state index in [1.165, 1.54) is 6.92 Å². The Hall–Kier alpha value is -1.56. The summed E-state index contributed by atoms with van der Waals surface area (Å²) in [6.45, 7) is 8.96. The zero-order valence-electron chi connectivity index (χ0n) is 22.4. The van der Waals surface area contributed by atoms with E-state index in [4.69, 9.17) is 14.2 Å². The first-order valence-electron chi connectivity index (χ1n) is 13.8. The van der Waals surface area contributed by atoms with Crippen molar-refractivity contribution in [3.63, 3.8) is 0 Å². The second-order valence-electron chi connectivity index (χ2n) is 13.0. The van der Waals surface area contributed by atoms with Gasteiger partial charge in [0.1, 0.15) is 31.0 Å². The lowest BCUT2D eigenvalue weighted by Gasteiger charge is -2.64. The average Bonchev–Trinajstić information content (AvgIpc) is 3.03. The molecule has 0 aromatic carbocycles. The van der Waals surface area contributed by atoms with Gasteiger partial charge in [-0.3, -0.25) is 9.59 Å². The van der Waals surface area contributed by atoms with E-state index in [-0.39, 0.29) is 24.4 Å². The Morgan fingerprint density at radius 2 is 1.76 bits per heavy atom. The minimum atomic E-state index is -1.69.